The van der Waals surface area contributed by atoms with Crippen LogP contribution in [0.25, 0.3) is 0 Å². The maximum atomic E-state index is 12.7. The van der Waals surface area contributed by atoms with Crippen LogP contribution < -0.4 is 4.72 Å². The monoisotopic (exact) mass is 287 g/mol. The van der Waals surface area contributed by atoms with Gasteiger partial charge in [-0.1, -0.05) is 0 Å². The number of halogens is 1. The fourth-order valence-corrected chi connectivity index (χ4v) is 2.37. The Morgan fingerprint density at radius 2 is 1.95 bits per heavy atom. The molecular weight excluding hydrogens is 273 g/mol. The van der Waals surface area contributed by atoms with Gasteiger partial charge >= 0.3 is 5.97 Å². The summed E-state index contributed by atoms with van der Waals surface area (Å²) in [7, 11) is -3.83. The van der Waals surface area contributed by atoms with Gasteiger partial charge in [0.25, 0.3) is 10.0 Å². The zero-order valence-corrected chi connectivity index (χ0v) is 11.3. The average molecular weight is 287 g/mol. The van der Waals surface area contributed by atoms with E-state index < -0.39 is 21.8 Å². The summed E-state index contributed by atoms with van der Waals surface area (Å²) < 4.78 is 43.3. The van der Waals surface area contributed by atoms with E-state index in [-0.39, 0.29) is 17.2 Å². The van der Waals surface area contributed by atoms with Crippen molar-refractivity contribution in [3.05, 3.63) is 41.9 Å². The SMILES string of the molecule is CCOC(=O)/C=C(\C)NS(=O)(=O)c1ccc(F)cc1. The van der Waals surface area contributed by atoms with E-state index in [9.17, 15) is 17.6 Å². The molecule has 0 aliphatic carbocycles. The molecule has 1 N–H and O–H groups in total. The molecule has 1 rings (SSSR count). The van der Waals surface area contributed by atoms with Gasteiger partial charge in [0.15, 0.2) is 0 Å². The summed E-state index contributed by atoms with van der Waals surface area (Å²) in [6, 6.07) is 4.35. The predicted octanol–water partition coefficient (Wildman–Crippen LogP) is 1.57. The van der Waals surface area contributed by atoms with E-state index in [0.717, 1.165) is 30.3 Å². The number of carbonyl (C=O) groups excluding carboxylic acids is 1. The van der Waals surface area contributed by atoms with Crippen LogP contribution in [0.2, 0.25) is 0 Å². The summed E-state index contributed by atoms with van der Waals surface area (Å²) in [5.41, 5.74) is 0.114. The van der Waals surface area contributed by atoms with Gasteiger partial charge in [0.2, 0.25) is 0 Å². The lowest BCUT2D eigenvalue weighted by Crippen LogP contribution is -2.22. The standard InChI is InChI=1S/C12H14FNO4S/c1-3-18-12(15)8-9(2)14-19(16,17)11-6-4-10(13)5-7-11/h4-8,14H,3H2,1-2H3/b9-8+. The molecule has 0 spiro atoms. The minimum Gasteiger partial charge on any atom is -0.463 e. The van der Waals surface area contributed by atoms with E-state index in [4.69, 9.17) is 0 Å². The largest absolute Gasteiger partial charge is 0.463 e. The smallest absolute Gasteiger partial charge is 0.332 e. The second kappa shape index (κ2) is 6.33. The number of allylic oxidation sites excluding steroid dienone is 1. The quantitative estimate of drug-likeness (QED) is 0.659. The van der Waals surface area contributed by atoms with Gasteiger partial charge in [0.1, 0.15) is 5.82 Å². The Balaban J connectivity index is 2.85. The van der Waals surface area contributed by atoms with Gasteiger partial charge in [-0.25, -0.2) is 17.6 Å². The summed E-state index contributed by atoms with van der Waals surface area (Å²) in [4.78, 5) is 11.0. The summed E-state index contributed by atoms with van der Waals surface area (Å²) in [5, 5.41) is 0. The van der Waals surface area contributed by atoms with Crippen LogP contribution in [-0.4, -0.2) is 21.0 Å². The van der Waals surface area contributed by atoms with E-state index >= 15 is 0 Å². The van der Waals surface area contributed by atoms with E-state index in [1.165, 1.54) is 6.92 Å². The van der Waals surface area contributed by atoms with Crippen molar-refractivity contribution in [2.45, 2.75) is 18.7 Å². The van der Waals surface area contributed by atoms with E-state index in [1.807, 2.05) is 0 Å². The molecule has 0 aromatic heterocycles. The molecule has 7 heteroatoms. The zero-order valence-electron chi connectivity index (χ0n) is 10.5. The van der Waals surface area contributed by atoms with Crippen molar-refractivity contribution in [1.29, 1.82) is 0 Å². The third kappa shape index (κ3) is 4.70. The van der Waals surface area contributed by atoms with Crippen molar-refractivity contribution in [1.82, 2.24) is 4.72 Å². The van der Waals surface area contributed by atoms with Crippen LogP contribution in [0.1, 0.15) is 13.8 Å². The van der Waals surface area contributed by atoms with E-state index in [2.05, 4.69) is 9.46 Å². The fourth-order valence-electron chi connectivity index (χ4n) is 1.27. The van der Waals surface area contributed by atoms with Crippen LogP contribution in [-0.2, 0) is 19.6 Å². The molecule has 0 saturated carbocycles. The van der Waals surface area contributed by atoms with Crippen LogP contribution in [0.15, 0.2) is 40.9 Å². The number of hydrogen-bond acceptors (Lipinski definition) is 4. The topological polar surface area (TPSA) is 72.5 Å². The second-order valence-corrected chi connectivity index (χ2v) is 5.32. The van der Waals surface area contributed by atoms with Crippen molar-refractivity contribution in [3.8, 4) is 0 Å². The Kier molecular flexibility index (Phi) is 5.05. The molecule has 0 atom stereocenters. The Labute approximate surface area is 111 Å². The maximum absolute atomic E-state index is 12.7. The maximum Gasteiger partial charge on any atom is 0.332 e. The van der Waals surface area contributed by atoms with Crippen molar-refractivity contribution in [2.24, 2.45) is 0 Å². The lowest BCUT2D eigenvalue weighted by molar-refractivity contribution is -0.137. The Bertz CT molecular complexity index is 578. The lowest BCUT2D eigenvalue weighted by Gasteiger charge is -2.08. The van der Waals surface area contributed by atoms with Crippen LogP contribution in [0.5, 0.6) is 0 Å². The first kappa shape index (κ1) is 15.2. The van der Waals surface area contributed by atoms with Gasteiger partial charge < -0.3 is 4.74 Å². The first-order valence-corrected chi connectivity index (χ1v) is 6.97. The van der Waals surface area contributed by atoms with Gasteiger partial charge in [0.05, 0.1) is 11.5 Å². The molecule has 19 heavy (non-hydrogen) atoms. The number of rotatable bonds is 5. The van der Waals surface area contributed by atoms with Gasteiger partial charge in [-0.2, -0.15) is 0 Å². The molecule has 0 saturated heterocycles. The van der Waals surface area contributed by atoms with Gasteiger partial charge in [-0.15, -0.1) is 0 Å². The molecular formula is C12H14FNO4S. The third-order valence-corrected chi connectivity index (χ3v) is 3.52. The Hall–Kier alpha value is -1.89. The number of esters is 1. The van der Waals surface area contributed by atoms with Crippen molar-refractivity contribution in [2.75, 3.05) is 6.61 Å². The van der Waals surface area contributed by atoms with Crippen molar-refractivity contribution >= 4 is 16.0 Å². The third-order valence-electron chi connectivity index (χ3n) is 2.04. The minimum absolute atomic E-state index is 0.0921. The molecule has 0 radical (unpaired) electrons. The predicted molar refractivity (Wildman–Crippen MR) is 67.1 cm³/mol. The van der Waals surface area contributed by atoms with Crippen LogP contribution >= 0.6 is 0 Å². The zero-order chi connectivity index (χ0) is 14.5. The highest BCUT2D eigenvalue weighted by atomic mass is 32.2. The molecule has 1 aromatic carbocycles. The van der Waals surface area contributed by atoms with E-state index in [1.54, 1.807) is 6.92 Å². The molecule has 0 fully saturated rings. The van der Waals surface area contributed by atoms with Crippen molar-refractivity contribution in [3.63, 3.8) is 0 Å². The second-order valence-electron chi connectivity index (χ2n) is 3.64. The number of ether oxygens (including phenoxy) is 1. The molecule has 104 valence electrons. The van der Waals surface area contributed by atoms with Crippen molar-refractivity contribution < 1.29 is 22.3 Å². The molecule has 0 unspecified atom stereocenters. The number of hydrogen-bond donors (Lipinski definition) is 1. The molecule has 0 amide bonds. The number of sulfonamides is 1. The fraction of sp³-hybridized carbons (Fsp3) is 0.250. The van der Waals surface area contributed by atoms with Gasteiger partial charge in [0, 0.05) is 11.8 Å². The van der Waals surface area contributed by atoms with Crippen LogP contribution in [0, 0.1) is 5.82 Å². The molecule has 5 nitrogen and oxygen atoms in total. The van der Waals surface area contributed by atoms with Gasteiger partial charge in [-0.3, -0.25) is 4.72 Å². The summed E-state index contributed by atoms with van der Waals surface area (Å²) in [6.07, 6.45) is 1.03. The highest BCUT2D eigenvalue weighted by Gasteiger charge is 2.14. The highest BCUT2D eigenvalue weighted by molar-refractivity contribution is 7.89. The van der Waals surface area contributed by atoms with E-state index in [0.29, 0.717) is 0 Å². The Morgan fingerprint density at radius 3 is 2.47 bits per heavy atom. The molecule has 0 aliphatic rings. The molecule has 1 aromatic rings. The minimum atomic E-state index is -3.83. The van der Waals surface area contributed by atoms with Crippen LogP contribution in [0.4, 0.5) is 4.39 Å². The summed E-state index contributed by atoms with van der Waals surface area (Å²) >= 11 is 0. The van der Waals surface area contributed by atoms with Crippen LogP contribution in [0.3, 0.4) is 0 Å². The Morgan fingerprint density at radius 1 is 1.37 bits per heavy atom. The molecule has 0 aliphatic heterocycles. The average Bonchev–Trinajstić information content (AvgIpc) is 2.28. The summed E-state index contributed by atoms with van der Waals surface area (Å²) in [5.74, 6) is -1.17. The lowest BCUT2D eigenvalue weighted by atomic mass is 10.4. The number of carbonyl (C=O) groups is 1. The highest BCUT2D eigenvalue weighted by Crippen LogP contribution is 2.10. The number of benzene rings is 1. The normalized spacial score (nSPS) is 12.1. The van der Waals surface area contributed by atoms with Gasteiger partial charge in [-0.05, 0) is 38.1 Å². The molecule has 0 bridgehead atoms. The first-order chi connectivity index (χ1) is 8.85. The number of nitrogens with one attached hydrogen (secondary N) is 1. The summed E-state index contributed by atoms with van der Waals surface area (Å²) in [6.45, 7) is 3.26. The first-order valence-electron chi connectivity index (χ1n) is 5.48. The molecule has 0 heterocycles.